The molecule has 0 heterocycles. The van der Waals surface area contributed by atoms with Crippen LogP contribution in [0.25, 0.3) is 0 Å². The second-order valence-corrected chi connectivity index (χ2v) is 7.18. The van der Waals surface area contributed by atoms with Gasteiger partial charge in [-0.2, -0.15) is 0 Å². The molecule has 0 spiro atoms. The molecule has 1 amide bonds. The summed E-state index contributed by atoms with van der Waals surface area (Å²) in [5.74, 6) is -1.77. The van der Waals surface area contributed by atoms with Crippen LogP contribution in [0.1, 0.15) is 17.3 Å². The molecule has 19 heavy (non-hydrogen) atoms. The number of carboxylic acid groups (broad SMARTS) is 1. The fraction of sp³-hybridized carbons (Fsp3) is 0.273. The number of hydrogen-bond acceptors (Lipinski definition) is 4. The van der Waals surface area contributed by atoms with Crippen molar-refractivity contribution in [2.45, 2.75) is 12.2 Å². The Balaban J connectivity index is 2.95. The summed E-state index contributed by atoms with van der Waals surface area (Å²) in [5.41, 5.74) is 0.367. The van der Waals surface area contributed by atoms with Crippen molar-refractivity contribution in [3.8, 4) is 0 Å². The van der Waals surface area contributed by atoms with E-state index in [-0.39, 0.29) is 5.56 Å². The molecule has 1 unspecified atom stereocenters. The lowest BCUT2D eigenvalue weighted by Crippen LogP contribution is -2.31. The van der Waals surface area contributed by atoms with Crippen LogP contribution >= 0.6 is 15.9 Å². The number of anilines is 1. The van der Waals surface area contributed by atoms with Gasteiger partial charge in [0.25, 0.3) is 0 Å². The van der Waals surface area contributed by atoms with Gasteiger partial charge in [0.05, 0.1) is 11.3 Å². The monoisotopic (exact) mass is 349 g/mol. The number of amides is 1. The molecule has 1 atom stereocenters. The van der Waals surface area contributed by atoms with Crippen molar-refractivity contribution in [3.05, 3.63) is 28.2 Å². The van der Waals surface area contributed by atoms with E-state index >= 15 is 0 Å². The fourth-order valence-corrected chi connectivity index (χ4v) is 2.10. The van der Waals surface area contributed by atoms with E-state index in [2.05, 4.69) is 21.2 Å². The zero-order valence-electron chi connectivity index (χ0n) is 10.2. The Hall–Kier alpha value is -1.41. The smallest absolute Gasteiger partial charge is 0.335 e. The summed E-state index contributed by atoms with van der Waals surface area (Å²) in [5, 5.41) is 10.0. The van der Waals surface area contributed by atoms with Crippen LogP contribution in [-0.2, 0) is 14.6 Å². The summed E-state index contributed by atoms with van der Waals surface area (Å²) in [7, 11) is -3.48. The van der Waals surface area contributed by atoms with Crippen molar-refractivity contribution in [2.75, 3.05) is 11.6 Å². The molecule has 2 N–H and O–H groups in total. The number of carbonyl (C=O) groups excluding carboxylic acids is 1. The fourth-order valence-electron chi connectivity index (χ4n) is 1.18. The minimum atomic E-state index is -3.48. The number of nitrogens with one attached hydrogen (secondary N) is 1. The predicted octanol–water partition coefficient (Wildman–Crippen LogP) is 1.52. The summed E-state index contributed by atoms with van der Waals surface area (Å²) in [6.45, 7) is 1.28. The van der Waals surface area contributed by atoms with E-state index in [0.29, 0.717) is 10.2 Å². The van der Waals surface area contributed by atoms with E-state index < -0.39 is 27.0 Å². The second kappa shape index (κ2) is 5.70. The average molecular weight is 350 g/mol. The van der Waals surface area contributed by atoms with Crippen LogP contribution in [0.3, 0.4) is 0 Å². The lowest BCUT2D eigenvalue weighted by molar-refractivity contribution is -0.115. The lowest BCUT2D eigenvalue weighted by Gasteiger charge is -2.12. The number of carboxylic acids is 1. The van der Waals surface area contributed by atoms with Gasteiger partial charge in [-0.05, 0) is 41.1 Å². The van der Waals surface area contributed by atoms with E-state index in [0.717, 1.165) is 6.26 Å². The molecule has 0 aromatic heterocycles. The summed E-state index contributed by atoms with van der Waals surface area (Å²) in [6, 6.07) is 4.03. The van der Waals surface area contributed by atoms with Gasteiger partial charge in [0, 0.05) is 10.7 Å². The quantitative estimate of drug-likeness (QED) is 0.858. The Morgan fingerprint density at radius 1 is 1.37 bits per heavy atom. The molecule has 0 aliphatic rings. The molecule has 0 saturated carbocycles. The van der Waals surface area contributed by atoms with Gasteiger partial charge in [-0.1, -0.05) is 0 Å². The van der Waals surface area contributed by atoms with Crippen LogP contribution in [-0.4, -0.2) is 36.9 Å². The molecule has 1 aromatic carbocycles. The van der Waals surface area contributed by atoms with Gasteiger partial charge in [0.2, 0.25) is 5.91 Å². The number of hydrogen-bond donors (Lipinski definition) is 2. The third kappa shape index (κ3) is 4.03. The summed E-state index contributed by atoms with van der Waals surface area (Å²) >= 11 is 3.12. The third-order valence-electron chi connectivity index (χ3n) is 2.49. The maximum Gasteiger partial charge on any atom is 0.335 e. The standard InChI is InChI=1S/C11H12BrNO5S/c1-6(19(2,17)18)10(14)13-9-4-3-7(11(15)16)5-8(9)12/h3-6H,1-2H3,(H,13,14)(H,15,16). The Bertz CT molecular complexity index is 626. The van der Waals surface area contributed by atoms with Crippen molar-refractivity contribution in [1.82, 2.24) is 0 Å². The Morgan fingerprint density at radius 3 is 2.37 bits per heavy atom. The minimum Gasteiger partial charge on any atom is -0.478 e. The van der Waals surface area contributed by atoms with Crippen molar-refractivity contribution >= 4 is 43.3 Å². The van der Waals surface area contributed by atoms with Crippen LogP contribution in [0.4, 0.5) is 5.69 Å². The predicted molar refractivity (Wildman–Crippen MR) is 74.0 cm³/mol. The Kier molecular flexibility index (Phi) is 4.70. The van der Waals surface area contributed by atoms with Gasteiger partial charge in [-0.3, -0.25) is 4.79 Å². The van der Waals surface area contributed by atoms with E-state index in [9.17, 15) is 18.0 Å². The maximum absolute atomic E-state index is 11.7. The maximum atomic E-state index is 11.7. The first-order chi connectivity index (χ1) is 8.62. The van der Waals surface area contributed by atoms with Crippen molar-refractivity contribution < 1.29 is 23.1 Å². The molecule has 104 valence electrons. The molecule has 0 bridgehead atoms. The number of rotatable bonds is 4. The zero-order chi connectivity index (χ0) is 14.8. The molecule has 0 radical (unpaired) electrons. The highest BCUT2D eigenvalue weighted by molar-refractivity contribution is 9.10. The van der Waals surface area contributed by atoms with Crippen molar-refractivity contribution in [2.24, 2.45) is 0 Å². The molecule has 0 aliphatic carbocycles. The minimum absolute atomic E-state index is 0.0565. The molecule has 6 nitrogen and oxygen atoms in total. The first-order valence-corrected chi connectivity index (χ1v) is 7.90. The van der Waals surface area contributed by atoms with Crippen molar-refractivity contribution in [1.29, 1.82) is 0 Å². The van der Waals surface area contributed by atoms with Gasteiger partial charge < -0.3 is 10.4 Å². The molecular weight excluding hydrogens is 338 g/mol. The first kappa shape index (κ1) is 15.6. The number of carbonyl (C=O) groups is 2. The number of sulfone groups is 1. The normalized spacial score (nSPS) is 12.8. The first-order valence-electron chi connectivity index (χ1n) is 5.15. The summed E-state index contributed by atoms with van der Waals surface area (Å²) in [6.07, 6.45) is 0.972. The molecule has 1 aromatic rings. The van der Waals surface area contributed by atoms with Gasteiger partial charge in [-0.15, -0.1) is 0 Å². The molecule has 8 heteroatoms. The van der Waals surface area contributed by atoms with Gasteiger partial charge in [0.1, 0.15) is 5.25 Å². The summed E-state index contributed by atoms with van der Waals surface area (Å²) in [4.78, 5) is 22.4. The van der Waals surface area contributed by atoms with Crippen LogP contribution in [0.2, 0.25) is 0 Å². The number of halogens is 1. The SMILES string of the molecule is CC(C(=O)Nc1ccc(C(=O)O)cc1Br)S(C)(=O)=O. The van der Waals surface area contributed by atoms with E-state index in [1.54, 1.807) is 0 Å². The van der Waals surface area contributed by atoms with E-state index in [4.69, 9.17) is 5.11 Å². The number of benzene rings is 1. The van der Waals surface area contributed by atoms with Crippen LogP contribution in [0, 0.1) is 0 Å². The van der Waals surface area contributed by atoms with Crippen LogP contribution in [0.5, 0.6) is 0 Å². The highest BCUT2D eigenvalue weighted by atomic mass is 79.9. The zero-order valence-corrected chi connectivity index (χ0v) is 12.6. The topological polar surface area (TPSA) is 101 Å². The van der Waals surface area contributed by atoms with Gasteiger partial charge in [0.15, 0.2) is 9.84 Å². The lowest BCUT2D eigenvalue weighted by atomic mass is 10.2. The van der Waals surface area contributed by atoms with Crippen LogP contribution in [0.15, 0.2) is 22.7 Å². The molecule has 0 saturated heterocycles. The molecular formula is C11H12BrNO5S. The third-order valence-corrected chi connectivity index (χ3v) is 4.64. The van der Waals surface area contributed by atoms with E-state index in [1.165, 1.54) is 25.1 Å². The van der Waals surface area contributed by atoms with Crippen molar-refractivity contribution in [3.63, 3.8) is 0 Å². The highest BCUT2D eigenvalue weighted by Crippen LogP contribution is 2.24. The highest BCUT2D eigenvalue weighted by Gasteiger charge is 2.24. The van der Waals surface area contributed by atoms with Gasteiger partial charge in [-0.25, -0.2) is 13.2 Å². The molecule has 1 rings (SSSR count). The molecule has 0 fully saturated rings. The number of aromatic carboxylic acids is 1. The Labute approximate surface area is 118 Å². The van der Waals surface area contributed by atoms with Crippen LogP contribution < -0.4 is 5.32 Å². The second-order valence-electron chi connectivity index (χ2n) is 3.96. The van der Waals surface area contributed by atoms with E-state index in [1.807, 2.05) is 0 Å². The average Bonchev–Trinajstić information content (AvgIpc) is 2.29. The molecule has 0 aliphatic heterocycles. The summed E-state index contributed by atoms with van der Waals surface area (Å²) < 4.78 is 22.8. The largest absolute Gasteiger partial charge is 0.478 e. The Morgan fingerprint density at radius 2 is 1.95 bits per heavy atom. The van der Waals surface area contributed by atoms with Gasteiger partial charge >= 0.3 is 5.97 Å².